The number of ether oxygens (including phenoxy) is 2. The molecule has 1 N–H and O–H groups in total. The van der Waals surface area contributed by atoms with Crippen LogP contribution in [0.2, 0.25) is 0 Å². The summed E-state index contributed by atoms with van der Waals surface area (Å²) in [6, 6.07) is 26.5. The average Bonchev–Trinajstić information content (AvgIpc) is 3.52. The first-order chi connectivity index (χ1) is 20.1. The predicted octanol–water partition coefficient (Wildman–Crippen LogP) is 4.75. The largest absolute Gasteiger partial charge is 0.486 e. The number of nitrogens with one attached hydrogen (secondary N) is 1. The number of carbonyl (C=O) groups is 2. The van der Waals surface area contributed by atoms with Crippen LogP contribution in [0.15, 0.2) is 85.2 Å². The quantitative estimate of drug-likeness (QED) is 0.279. The number of benzene rings is 3. The summed E-state index contributed by atoms with van der Waals surface area (Å²) in [5, 5.41) is 8.69. The summed E-state index contributed by atoms with van der Waals surface area (Å²) in [6.45, 7) is 1.75. The maximum absolute atomic E-state index is 13.5. The Morgan fingerprint density at radius 2 is 1.68 bits per heavy atom. The van der Waals surface area contributed by atoms with Crippen molar-refractivity contribution in [3.63, 3.8) is 0 Å². The Bertz CT molecular complexity index is 1680. The van der Waals surface area contributed by atoms with Gasteiger partial charge in [-0.2, -0.15) is 5.10 Å². The first-order valence-electron chi connectivity index (χ1n) is 13.7. The van der Waals surface area contributed by atoms with E-state index in [0.717, 1.165) is 48.0 Å². The number of esters is 1. The molecule has 0 aliphatic carbocycles. The average molecular weight is 550 g/mol. The molecule has 0 unspecified atom stereocenters. The van der Waals surface area contributed by atoms with E-state index in [1.807, 2.05) is 42.5 Å². The van der Waals surface area contributed by atoms with E-state index in [2.05, 4.69) is 56.7 Å². The van der Waals surface area contributed by atoms with Crippen LogP contribution in [0.5, 0.6) is 5.75 Å². The van der Waals surface area contributed by atoms with Crippen molar-refractivity contribution in [1.29, 1.82) is 0 Å². The van der Waals surface area contributed by atoms with Crippen LogP contribution in [-0.2, 0) is 16.1 Å². The highest BCUT2D eigenvalue weighted by molar-refractivity contribution is 6.11. The fourth-order valence-electron chi connectivity index (χ4n) is 5.59. The van der Waals surface area contributed by atoms with E-state index in [1.54, 1.807) is 0 Å². The third-order valence-corrected chi connectivity index (χ3v) is 7.65. The van der Waals surface area contributed by atoms with Gasteiger partial charge in [0.15, 0.2) is 17.1 Å². The molecule has 208 valence electrons. The highest BCUT2D eigenvalue weighted by Crippen LogP contribution is 2.40. The lowest BCUT2D eigenvalue weighted by Crippen LogP contribution is -2.33. The molecule has 9 nitrogen and oxygen atoms in total. The van der Waals surface area contributed by atoms with Crippen LogP contribution >= 0.6 is 0 Å². The van der Waals surface area contributed by atoms with Gasteiger partial charge in [0.05, 0.1) is 12.5 Å². The number of nitrogens with zero attached hydrogens (tertiary/aromatic N) is 4. The maximum atomic E-state index is 13.5. The molecule has 5 aromatic rings. The Balaban J connectivity index is 1.42. The molecule has 3 heterocycles. The van der Waals surface area contributed by atoms with E-state index >= 15 is 0 Å². The van der Waals surface area contributed by atoms with E-state index in [4.69, 9.17) is 9.47 Å². The first kappa shape index (κ1) is 26.3. The number of fused-ring (bicyclic) bond motifs is 3. The molecule has 1 saturated heterocycles. The lowest BCUT2D eigenvalue weighted by molar-refractivity contribution is -0.139. The summed E-state index contributed by atoms with van der Waals surface area (Å²) in [5.74, 6) is -0.164. The highest BCUT2D eigenvalue weighted by atomic mass is 16.5. The SMILES string of the molecule is COC(=O)CNC(=O)c1c(OCc2ccccc2)c2cccc(N3CCC(c4ccccc4)CC3)c2c2ncnn12. The molecule has 1 aliphatic heterocycles. The molecule has 41 heavy (non-hydrogen) atoms. The van der Waals surface area contributed by atoms with Crippen molar-refractivity contribution in [3.8, 4) is 5.75 Å². The molecule has 0 radical (unpaired) electrons. The molecular formula is C32H31N5O4. The number of aromatic nitrogens is 3. The number of methoxy groups -OCH3 is 1. The van der Waals surface area contributed by atoms with Gasteiger partial charge in [0.1, 0.15) is 19.5 Å². The van der Waals surface area contributed by atoms with E-state index < -0.39 is 11.9 Å². The molecule has 0 spiro atoms. The smallest absolute Gasteiger partial charge is 0.325 e. The fraction of sp³-hybridized carbons (Fsp3) is 0.250. The molecule has 1 aliphatic rings. The lowest BCUT2D eigenvalue weighted by atomic mass is 9.89. The molecule has 2 aromatic heterocycles. The van der Waals surface area contributed by atoms with Gasteiger partial charge in [-0.25, -0.2) is 9.50 Å². The number of amides is 1. The summed E-state index contributed by atoms with van der Waals surface area (Å²) in [7, 11) is 1.28. The molecule has 1 amide bonds. The van der Waals surface area contributed by atoms with Gasteiger partial charge in [-0.3, -0.25) is 9.59 Å². The van der Waals surface area contributed by atoms with E-state index in [-0.39, 0.29) is 18.8 Å². The number of piperidine rings is 1. The van der Waals surface area contributed by atoms with E-state index in [9.17, 15) is 9.59 Å². The second-order valence-corrected chi connectivity index (χ2v) is 10.1. The van der Waals surface area contributed by atoms with Crippen molar-refractivity contribution in [3.05, 3.63) is 102 Å². The standard InChI is InChI=1S/C32H31N5O4/c1-40-27(38)19-33-32(39)29-30(41-20-22-9-4-2-5-10-22)25-13-8-14-26(28(25)31-34-21-35-37(29)31)36-17-15-24(16-18-36)23-11-6-3-7-12-23/h2-14,21,24H,15-20H2,1H3,(H,33,39). The Kier molecular flexibility index (Phi) is 7.49. The Morgan fingerprint density at radius 3 is 2.41 bits per heavy atom. The van der Waals surface area contributed by atoms with Crippen molar-refractivity contribution in [1.82, 2.24) is 19.9 Å². The number of hydrogen-bond donors (Lipinski definition) is 1. The maximum Gasteiger partial charge on any atom is 0.325 e. The zero-order valence-electron chi connectivity index (χ0n) is 22.8. The van der Waals surface area contributed by atoms with Crippen molar-refractivity contribution >= 4 is 34.0 Å². The second-order valence-electron chi connectivity index (χ2n) is 10.1. The number of carbonyl (C=O) groups excluding carboxylic acids is 2. The number of pyridine rings is 1. The lowest BCUT2D eigenvalue weighted by Gasteiger charge is -2.34. The van der Waals surface area contributed by atoms with Crippen molar-refractivity contribution < 1.29 is 19.1 Å². The van der Waals surface area contributed by atoms with Gasteiger partial charge in [0.2, 0.25) is 0 Å². The number of anilines is 1. The third kappa shape index (κ3) is 5.30. The monoisotopic (exact) mass is 549 g/mol. The molecule has 1 fully saturated rings. The van der Waals surface area contributed by atoms with Crippen molar-refractivity contribution in [2.45, 2.75) is 25.4 Å². The fourth-order valence-corrected chi connectivity index (χ4v) is 5.59. The zero-order valence-corrected chi connectivity index (χ0v) is 22.8. The van der Waals surface area contributed by atoms with Crippen LogP contribution in [-0.4, -0.2) is 53.2 Å². The minimum Gasteiger partial charge on any atom is -0.486 e. The molecular weight excluding hydrogens is 518 g/mol. The summed E-state index contributed by atoms with van der Waals surface area (Å²) in [6.07, 6.45) is 3.51. The molecule has 3 aromatic carbocycles. The molecule has 0 atom stereocenters. The van der Waals surface area contributed by atoms with E-state index in [1.165, 1.54) is 23.5 Å². The van der Waals surface area contributed by atoms with Gasteiger partial charge < -0.3 is 19.7 Å². The number of rotatable bonds is 8. The summed E-state index contributed by atoms with van der Waals surface area (Å²) in [5.41, 5.74) is 4.09. The third-order valence-electron chi connectivity index (χ3n) is 7.65. The molecule has 6 rings (SSSR count). The minimum absolute atomic E-state index is 0.171. The van der Waals surface area contributed by atoms with Crippen LogP contribution in [0.25, 0.3) is 16.4 Å². The van der Waals surface area contributed by atoms with Crippen LogP contribution < -0.4 is 15.0 Å². The normalized spacial score (nSPS) is 13.8. The van der Waals surface area contributed by atoms with Gasteiger partial charge >= 0.3 is 5.97 Å². The molecule has 0 bridgehead atoms. The van der Waals surface area contributed by atoms with Gasteiger partial charge in [0.25, 0.3) is 5.91 Å². The Hall–Kier alpha value is -4.92. The molecule has 9 heteroatoms. The van der Waals surface area contributed by atoms with Crippen LogP contribution in [0, 0.1) is 0 Å². The first-order valence-corrected chi connectivity index (χ1v) is 13.7. The van der Waals surface area contributed by atoms with Gasteiger partial charge in [0, 0.05) is 24.2 Å². The zero-order chi connectivity index (χ0) is 28.2. The summed E-state index contributed by atoms with van der Waals surface area (Å²) < 4.78 is 12.6. The second kappa shape index (κ2) is 11.7. The minimum atomic E-state index is -0.554. The highest BCUT2D eigenvalue weighted by Gasteiger charge is 2.28. The Morgan fingerprint density at radius 1 is 0.951 bits per heavy atom. The van der Waals surface area contributed by atoms with Crippen molar-refractivity contribution in [2.24, 2.45) is 0 Å². The van der Waals surface area contributed by atoms with E-state index in [0.29, 0.717) is 17.3 Å². The number of hydrogen-bond acceptors (Lipinski definition) is 7. The van der Waals surface area contributed by atoms with Crippen LogP contribution in [0.3, 0.4) is 0 Å². The van der Waals surface area contributed by atoms with Gasteiger partial charge in [-0.15, -0.1) is 0 Å². The Labute approximate surface area is 237 Å². The summed E-state index contributed by atoms with van der Waals surface area (Å²) >= 11 is 0. The van der Waals surface area contributed by atoms with Crippen LogP contribution in [0.4, 0.5) is 5.69 Å². The molecule has 0 saturated carbocycles. The van der Waals surface area contributed by atoms with Gasteiger partial charge in [-0.1, -0.05) is 72.8 Å². The summed E-state index contributed by atoms with van der Waals surface area (Å²) in [4.78, 5) is 32.3. The predicted molar refractivity (Wildman–Crippen MR) is 156 cm³/mol. The van der Waals surface area contributed by atoms with Crippen molar-refractivity contribution in [2.75, 3.05) is 31.6 Å². The topological polar surface area (TPSA) is 98.1 Å². The van der Waals surface area contributed by atoms with Gasteiger partial charge in [-0.05, 0) is 36.0 Å². The van der Waals surface area contributed by atoms with Crippen LogP contribution in [0.1, 0.15) is 40.4 Å².